The van der Waals surface area contributed by atoms with Gasteiger partial charge in [-0.25, -0.2) is 4.98 Å². The first-order valence-electron chi connectivity index (χ1n) is 5.18. The van der Waals surface area contributed by atoms with Crippen LogP contribution in [0.1, 0.15) is 5.56 Å². The van der Waals surface area contributed by atoms with E-state index in [1.54, 1.807) is 18.2 Å². The molecule has 1 aromatic heterocycles. The van der Waals surface area contributed by atoms with Crippen molar-refractivity contribution in [2.45, 2.75) is 6.92 Å². The van der Waals surface area contributed by atoms with Crippen LogP contribution in [-0.4, -0.2) is 14.9 Å². The molecule has 2 N–H and O–H groups in total. The molecular formula is C11H9ClN4O3. The first-order valence-corrected chi connectivity index (χ1v) is 5.56. The zero-order valence-corrected chi connectivity index (χ0v) is 10.6. The van der Waals surface area contributed by atoms with Crippen LogP contribution in [0, 0.1) is 17.0 Å². The van der Waals surface area contributed by atoms with E-state index < -0.39 is 4.92 Å². The minimum Gasteiger partial charge on any atom is -0.432 e. The SMILES string of the molecule is Cc1ccc(Oc2nc(N)ncc2[N+](=O)[O-])c(Cl)c1. The van der Waals surface area contributed by atoms with Crippen LogP contribution in [0.3, 0.4) is 0 Å². The second kappa shape index (κ2) is 5.07. The fraction of sp³-hybridized carbons (Fsp3) is 0.0909. The minimum atomic E-state index is -0.656. The number of hydrogen-bond donors (Lipinski definition) is 1. The number of anilines is 1. The lowest BCUT2D eigenvalue weighted by atomic mass is 10.2. The average molecular weight is 281 g/mol. The molecule has 0 atom stereocenters. The predicted molar refractivity (Wildman–Crippen MR) is 69.4 cm³/mol. The van der Waals surface area contributed by atoms with Gasteiger partial charge < -0.3 is 10.5 Å². The Bertz CT molecular complexity index is 648. The largest absolute Gasteiger partial charge is 0.432 e. The lowest BCUT2D eigenvalue weighted by Crippen LogP contribution is -2.01. The van der Waals surface area contributed by atoms with Gasteiger partial charge in [0.25, 0.3) is 0 Å². The fourth-order valence-corrected chi connectivity index (χ4v) is 1.64. The van der Waals surface area contributed by atoms with Crippen LogP contribution in [0.4, 0.5) is 11.6 Å². The summed E-state index contributed by atoms with van der Waals surface area (Å²) in [5.74, 6) is -0.111. The highest BCUT2D eigenvalue weighted by Gasteiger charge is 2.19. The van der Waals surface area contributed by atoms with Crippen molar-refractivity contribution >= 4 is 23.2 Å². The van der Waals surface area contributed by atoms with Crippen LogP contribution in [0.15, 0.2) is 24.4 Å². The molecule has 0 saturated carbocycles. The van der Waals surface area contributed by atoms with Crippen molar-refractivity contribution < 1.29 is 9.66 Å². The standard InChI is InChI=1S/C11H9ClN4O3/c1-6-2-3-9(7(12)4-6)19-10-8(16(17)18)5-14-11(13)15-10/h2-5H,1H3,(H2,13,14,15). The molecule has 2 aromatic rings. The fourth-order valence-electron chi connectivity index (χ4n) is 1.37. The Hall–Kier alpha value is -2.41. The third-order valence-electron chi connectivity index (χ3n) is 2.25. The van der Waals surface area contributed by atoms with E-state index in [0.29, 0.717) is 5.02 Å². The predicted octanol–water partition coefficient (Wildman–Crippen LogP) is 2.72. The van der Waals surface area contributed by atoms with Crippen LogP contribution in [0.2, 0.25) is 5.02 Å². The number of ether oxygens (including phenoxy) is 1. The van der Waals surface area contributed by atoms with Crippen molar-refractivity contribution in [3.63, 3.8) is 0 Å². The summed E-state index contributed by atoms with van der Waals surface area (Å²) in [5, 5.41) is 11.2. The molecule has 7 nitrogen and oxygen atoms in total. The van der Waals surface area contributed by atoms with Gasteiger partial charge in [-0.15, -0.1) is 0 Å². The molecule has 19 heavy (non-hydrogen) atoms. The van der Waals surface area contributed by atoms with E-state index in [4.69, 9.17) is 22.1 Å². The molecule has 0 aliphatic heterocycles. The number of rotatable bonds is 3. The Kier molecular flexibility index (Phi) is 3.48. The van der Waals surface area contributed by atoms with E-state index in [1.807, 2.05) is 6.92 Å². The molecule has 0 radical (unpaired) electrons. The second-order valence-corrected chi connectivity index (χ2v) is 4.12. The monoisotopic (exact) mass is 280 g/mol. The van der Waals surface area contributed by atoms with Gasteiger partial charge in [-0.2, -0.15) is 4.98 Å². The summed E-state index contributed by atoms with van der Waals surface area (Å²) in [6.45, 7) is 1.86. The number of benzene rings is 1. The Morgan fingerprint density at radius 3 is 2.84 bits per heavy atom. The number of aryl methyl sites for hydroxylation is 1. The zero-order chi connectivity index (χ0) is 14.0. The molecule has 0 aliphatic carbocycles. The van der Waals surface area contributed by atoms with Gasteiger partial charge in [0.05, 0.1) is 9.95 Å². The Morgan fingerprint density at radius 2 is 2.21 bits per heavy atom. The summed E-state index contributed by atoms with van der Waals surface area (Å²) in [5.41, 5.74) is 5.94. The summed E-state index contributed by atoms with van der Waals surface area (Å²) < 4.78 is 5.33. The van der Waals surface area contributed by atoms with Gasteiger partial charge in [-0.1, -0.05) is 17.7 Å². The molecule has 0 spiro atoms. The molecule has 0 unspecified atom stereocenters. The molecule has 0 fully saturated rings. The molecule has 2 rings (SSSR count). The van der Waals surface area contributed by atoms with Crippen molar-refractivity contribution in [1.82, 2.24) is 9.97 Å². The number of nitrogen functional groups attached to an aromatic ring is 1. The third kappa shape index (κ3) is 2.89. The third-order valence-corrected chi connectivity index (χ3v) is 2.54. The Balaban J connectivity index is 2.42. The average Bonchev–Trinajstić information content (AvgIpc) is 2.32. The van der Waals surface area contributed by atoms with Gasteiger partial charge in [0, 0.05) is 0 Å². The number of nitrogens with two attached hydrogens (primary N) is 1. The molecular weight excluding hydrogens is 272 g/mol. The molecule has 0 saturated heterocycles. The van der Waals surface area contributed by atoms with Gasteiger partial charge in [0.2, 0.25) is 5.95 Å². The first-order chi connectivity index (χ1) is 8.97. The van der Waals surface area contributed by atoms with Gasteiger partial charge in [-0.05, 0) is 24.6 Å². The van der Waals surface area contributed by atoms with E-state index in [9.17, 15) is 10.1 Å². The lowest BCUT2D eigenvalue weighted by Gasteiger charge is -2.07. The molecule has 1 heterocycles. The van der Waals surface area contributed by atoms with Gasteiger partial charge in [0.15, 0.2) is 0 Å². The summed E-state index contributed by atoms with van der Waals surface area (Å²) in [6, 6.07) is 5.03. The first kappa shape index (κ1) is 13.0. The molecule has 0 bridgehead atoms. The zero-order valence-electron chi connectivity index (χ0n) is 9.83. The van der Waals surface area contributed by atoms with Crippen molar-refractivity contribution in [2.24, 2.45) is 0 Å². The Morgan fingerprint density at radius 1 is 1.47 bits per heavy atom. The highest BCUT2D eigenvalue weighted by Crippen LogP contribution is 2.33. The van der Waals surface area contributed by atoms with Crippen LogP contribution in [-0.2, 0) is 0 Å². The van der Waals surface area contributed by atoms with Gasteiger partial charge in [0.1, 0.15) is 11.9 Å². The number of halogens is 1. The van der Waals surface area contributed by atoms with Crippen LogP contribution in [0.5, 0.6) is 11.6 Å². The van der Waals surface area contributed by atoms with E-state index >= 15 is 0 Å². The number of nitro groups is 1. The number of hydrogen-bond acceptors (Lipinski definition) is 6. The van der Waals surface area contributed by atoms with E-state index in [1.165, 1.54) is 0 Å². The Labute approximate surface area is 113 Å². The molecule has 1 aromatic carbocycles. The highest BCUT2D eigenvalue weighted by molar-refractivity contribution is 6.32. The van der Waals surface area contributed by atoms with Crippen LogP contribution >= 0.6 is 11.6 Å². The maximum Gasteiger partial charge on any atom is 0.349 e. The van der Waals surface area contributed by atoms with Gasteiger partial charge >= 0.3 is 11.6 Å². The molecule has 8 heteroatoms. The van der Waals surface area contributed by atoms with E-state index in [-0.39, 0.29) is 23.3 Å². The molecule has 0 aliphatic rings. The summed E-state index contributed by atoms with van der Waals surface area (Å²) in [7, 11) is 0. The topological polar surface area (TPSA) is 104 Å². The van der Waals surface area contributed by atoms with E-state index in [0.717, 1.165) is 11.8 Å². The summed E-state index contributed by atoms with van der Waals surface area (Å²) in [6.07, 6.45) is 0.986. The van der Waals surface area contributed by atoms with Crippen LogP contribution in [0.25, 0.3) is 0 Å². The highest BCUT2D eigenvalue weighted by atomic mass is 35.5. The maximum absolute atomic E-state index is 10.8. The van der Waals surface area contributed by atoms with Crippen molar-refractivity contribution in [3.8, 4) is 11.6 Å². The maximum atomic E-state index is 10.8. The van der Waals surface area contributed by atoms with Crippen molar-refractivity contribution in [3.05, 3.63) is 45.1 Å². The van der Waals surface area contributed by atoms with Gasteiger partial charge in [-0.3, -0.25) is 10.1 Å². The van der Waals surface area contributed by atoms with Crippen molar-refractivity contribution in [1.29, 1.82) is 0 Å². The molecule has 0 amide bonds. The van der Waals surface area contributed by atoms with Crippen molar-refractivity contribution in [2.75, 3.05) is 5.73 Å². The normalized spacial score (nSPS) is 10.2. The van der Waals surface area contributed by atoms with E-state index in [2.05, 4.69) is 9.97 Å². The second-order valence-electron chi connectivity index (χ2n) is 3.71. The molecule has 98 valence electrons. The summed E-state index contributed by atoms with van der Waals surface area (Å²) >= 11 is 5.98. The smallest absolute Gasteiger partial charge is 0.349 e. The quantitative estimate of drug-likeness (QED) is 0.684. The minimum absolute atomic E-state index is 0.121. The lowest BCUT2D eigenvalue weighted by molar-refractivity contribution is -0.386. The number of nitrogens with zero attached hydrogens (tertiary/aromatic N) is 3. The van der Waals surface area contributed by atoms with Crippen LogP contribution < -0.4 is 10.5 Å². The number of aromatic nitrogens is 2. The summed E-state index contributed by atoms with van der Waals surface area (Å²) in [4.78, 5) is 17.4.